The van der Waals surface area contributed by atoms with Gasteiger partial charge in [0.2, 0.25) is 0 Å². The maximum absolute atomic E-state index is 6.08. The molecule has 6 nitrogen and oxygen atoms in total. The van der Waals surface area contributed by atoms with Crippen molar-refractivity contribution in [2.45, 2.75) is 6.92 Å². The highest BCUT2D eigenvalue weighted by molar-refractivity contribution is 6.30. The van der Waals surface area contributed by atoms with Gasteiger partial charge in [-0.25, -0.2) is 19.2 Å². The number of rotatable bonds is 2. The number of hydrogen-bond acceptors (Lipinski definition) is 4. The van der Waals surface area contributed by atoms with Crippen LogP contribution in [0.15, 0.2) is 61.1 Å². The van der Waals surface area contributed by atoms with Gasteiger partial charge in [-0.3, -0.25) is 0 Å². The van der Waals surface area contributed by atoms with Gasteiger partial charge in [-0.15, -0.1) is 5.10 Å². The summed E-state index contributed by atoms with van der Waals surface area (Å²) in [5, 5.41) is 10.5. The third-order valence-corrected chi connectivity index (χ3v) is 4.47. The largest absolute Gasteiger partial charge is 0.216 e. The highest BCUT2D eigenvalue weighted by Gasteiger charge is 2.14. The molecule has 0 fully saturated rings. The lowest BCUT2D eigenvalue weighted by Gasteiger charge is -2.03. The summed E-state index contributed by atoms with van der Waals surface area (Å²) in [7, 11) is 0. The van der Waals surface area contributed by atoms with Crippen LogP contribution in [0.5, 0.6) is 0 Å². The molecular formula is C19H13ClN6. The number of hydrogen-bond donors (Lipinski definition) is 0. The number of nitrogens with zero attached hydrogens (tertiary/aromatic N) is 6. The minimum absolute atomic E-state index is 0.602. The van der Waals surface area contributed by atoms with Crippen LogP contribution < -0.4 is 0 Å². The van der Waals surface area contributed by atoms with E-state index in [0.717, 1.165) is 27.8 Å². The van der Waals surface area contributed by atoms with Gasteiger partial charge in [0, 0.05) is 10.6 Å². The lowest BCUT2D eigenvalue weighted by Crippen LogP contribution is -1.99. The minimum atomic E-state index is 0.602. The van der Waals surface area contributed by atoms with Crippen LogP contribution in [0.4, 0.5) is 0 Å². The zero-order chi connectivity index (χ0) is 17.7. The molecule has 26 heavy (non-hydrogen) atoms. The molecule has 0 aliphatic heterocycles. The smallest absolute Gasteiger partial charge is 0.182 e. The third-order valence-electron chi connectivity index (χ3n) is 4.23. The quantitative estimate of drug-likeness (QED) is 0.475. The van der Waals surface area contributed by atoms with Crippen molar-refractivity contribution in [3.63, 3.8) is 0 Å². The first-order valence-corrected chi connectivity index (χ1v) is 8.49. The molecule has 0 radical (unpaired) electrons. The fourth-order valence-corrected chi connectivity index (χ4v) is 3.21. The molecule has 126 valence electrons. The number of aromatic nitrogens is 6. The molecule has 0 saturated carbocycles. The first kappa shape index (κ1) is 15.0. The van der Waals surface area contributed by atoms with Crippen LogP contribution in [-0.4, -0.2) is 29.4 Å². The van der Waals surface area contributed by atoms with Gasteiger partial charge >= 0.3 is 0 Å². The highest BCUT2D eigenvalue weighted by atomic mass is 35.5. The van der Waals surface area contributed by atoms with E-state index in [9.17, 15) is 0 Å². The monoisotopic (exact) mass is 360 g/mol. The Morgan fingerprint density at radius 1 is 1.00 bits per heavy atom. The van der Waals surface area contributed by atoms with Gasteiger partial charge in [-0.2, -0.15) is 5.10 Å². The first-order chi connectivity index (χ1) is 12.7. The van der Waals surface area contributed by atoms with E-state index in [4.69, 9.17) is 11.6 Å². The summed E-state index contributed by atoms with van der Waals surface area (Å²) in [6.07, 6.45) is 3.43. The molecule has 0 spiro atoms. The second kappa shape index (κ2) is 5.64. The number of halogens is 1. The predicted molar refractivity (Wildman–Crippen MR) is 101 cm³/mol. The Morgan fingerprint density at radius 3 is 2.73 bits per heavy atom. The molecule has 0 atom stereocenters. The molecule has 3 aromatic heterocycles. The zero-order valence-electron chi connectivity index (χ0n) is 13.8. The Hall–Kier alpha value is -3.25. The number of benzene rings is 2. The number of aryl methyl sites for hydroxylation is 1. The molecule has 0 aliphatic rings. The molecule has 0 saturated heterocycles. The van der Waals surface area contributed by atoms with E-state index in [1.807, 2.05) is 41.1 Å². The molecule has 2 aromatic carbocycles. The van der Waals surface area contributed by atoms with E-state index < -0.39 is 0 Å². The van der Waals surface area contributed by atoms with Crippen LogP contribution >= 0.6 is 11.6 Å². The fraction of sp³-hybridized carbons (Fsp3) is 0.0526. The van der Waals surface area contributed by atoms with Gasteiger partial charge in [0.25, 0.3) is 0 Å². The third kappa shape index (κ3) is 2.34. The topological polar surface area (TPSA) is 60.9 Å². The summed E-state index contributed by atoms with van der Waals surface area (Å²) in [4.78, 5) is 9.21. The standard InChI is InChI=1S/C19H13ClN6/c1-12-4-2-7-15(8-12)26-18-16(10-22-26)19-23-17(24-25(19)11-21-18)13-5-3-6-14(20)9-13/h2-11H,1H3. The zero-order valence-corrected chi connectivity index (χ0v) is 14.6. The van der Waals surface area contributed by atoms with E-state index in [1.165, 1.54) is 0 Å². The Labute approximate surface area is 153 Å². The van der Waals surface area contributed by atoms with Gasteiger partial charge in [0.15, 0.2) is 17.1 Å². The molecule has 0 N–H and O–H groups in total. The SMILES string of the molecule is Cc1cccc(-n2ncc3c2ncn2nc(-c4cccc(Cl)c4)nc32)c1. The van der Waals surface area contributed by atoms with E-state index in [1.54, 1.807) is 17.0 Å². The molecule has 5 aromatic rings. The fourth-order valence-electron chi connectivity index (χ4n) is 3.02. The van der Waals surface area contributed by atoms with Crippen LogP contribution in [-0.2, 0) is 0 Å². The van der Waals surface area contributed by atoms with Crippen LogP contribution in [0.2, 0.25) is 5.02 Å². The molecule has 0 unspecified atom stereocenters. The summed E-state index contributed by atoms with van der Waals surface area (Å²) in [5.41, 5.74) is 4.45. The van der Waals surface area contributed by atoms with E-state index in [-0.39, 0.29) is 0 Å². The molecule has 7 heteroatoms. The predicted octanol–water partition coefficient (Wildman–Crippen LogP) is 4.09. The molecule has 0 aliphatic carbocycles. The summed E-state index contributed by atoms with van der Waals surface area (Å²) in [6, 6.07) is 15.6. The number of fused-ring (bicyclic) bond motifs is 3. The maximum Gasteiger partial charge on any atom is 0.182 e. The van der Waals surface area contributed by atoms with Crippen molar-refractivity contribution < 1.29 is 0 Å². The summed E-state index contributed by atoms with van der Waals surface area (Å²) >= 11 is 6.08. The molecule has 5 rings (SSSR count). The van der Waals surface area contributed by atoms with E-state index in [0.29, 0.717) is 16.5 Å². The van der Waals surface area contributed by atoms with Crippen molar-refractivity contribution in [2.24, 2.45) is 0 Å². The molecule has 3 heterocycles. The lowest BCUT2D eigenvalue weighted by atomic mass is 10.2. The van der Waals surface area contributed by atoms with Crippen molar-refractivity contribution in [3.05, 3.63) is 71.6 Å². The summed E-state index contributed by atoms with van der Waals surface area (Å²) in [6.45, 7) is 2.05. The Kier molecular flexibility index (Phi) is 3.26. The maximum atomic E-state index is 6.08. The summed E-state index contributed by atoms with van der Waals surface area (Å²) < 4.78 is 3.48. The van der Waals surface area contributed by atoms with Gasteiger partial charge in [0.1, 0.15) is 6.33 Å². The highest BCUT2D eigenvalue weighted by Crippen LogP contribution is 2.24. The second-order valence-corrected chi connectivity index (χ2v) is 6.53. The van der Waals surface area contributed by atoms with Gasteiger partial charge in [-0.1, -0.05) is 35.9 Å². The van der Waals surface area contributed by atoms with Crippen molar-refractivity contribution in [2.75, 3.05) is 0 Å². The van der Waals surface area contributed by atoms with Crippen LogP contribution in [0, 0.1) is 6.92 Å². The van der Waals surface area contributed by atoms with Crippen LogP contribution in [0.3, 0.4) is 0 Å². The van der Waals surface area contributed by atoms with Crippen molar-refractivity contribution >= 4 is 28.3 Å². The normalized spacial score (nSPS) is 11.5. The first-order valence-electron chi connectivity index (χ1n) is 8.11. The van der Waals surface area contributed by atoms with Crippen molar-refractivity contribution in [1.29, 1.82) is 0 Å². The van der Waals surface area contributed by atoms with Gasteiger partial charge < -0.3 is 0 Å². The van der Waals surface area contributed by atoms with Gasteiger partial charge in [-0.05, 0) is 36.8 Å². The van der Waals surface area contributed by atoms with Crippen molar-refractivity contribution in [3.8, 4) is 17.1 Å². The van der Waals surface area contributed by atoms with Crippen molar-refractivity contribution in [1.82, 2.24) is 29.4 Å². The molecular weight excluding hydrogens is 348 g/mol. The van der Waals surface area contributed by atoms with E-state index in [2.05, 4.69) is 39.2 Å². The Bertz CT molecular complexity index is 1270. The average molecular weight is 361 g/mol. The second-order valence-electron chi connectivity index (χ2n) is 6.09. The molecule has 0 bridgehead atoms. The van der Waals surface area contributed by atoms with E-state index >= 15 is 0 Å². The summed E-state index contributed by atoms with van der Waals surface area (Å²) in [5.74, 6) is 0.602. The van der Waals surface area contributed by atoms with Crippen LogP contribution in [0.25, 0.3) is 33.8 Å². The lowest BCUT2D eigenvalue weighted by molar-refractivity contribution is 0.881. The van der Waals surface area contributed by atoms with Gasteiger partial charge in [0.05, 0.1) is 17.3 Å². The van der Waals surface area contributed by atoms with Crippen LogP contribution in [0.1, 0.15) is 5.56 Å². The minimum Gasteiger partial charge on any atom is -0.216 e. The average Bonchev–Trinajstić information content (AvgIpc) is 3.25. The Morgan fingerprint density at radius 2 is 1.88 bits per heavy atom. The Balaban J connectivity index is 1.71. The molecule has 0 amide bonds.